The lowest BCUT2D eigenvalue weighted by Crippen LogP contribution is -2.27. The molecule has 128 valence electrons. The zero-order valence-corrected chi connectivity index (χ0v) is 15.3. The molecule has 0 amide bonds. The van der Waals surface area contributed by atoms with Gasteiger partial charge in [-0.2, -0.15) is 0 Å². The number of nitrogens with one attached hydrogen (secondary N) is 1. The van der Waals surface area contributed by atoms with Crippen LogP contribution in [0.2, 0.25) is 10.2 Å². The van der Waals surface area contributed by atoms with Crippen LogP contribution in [0.3, 0.4) is 0 Å². The van der Waals surface area contributed by atoms with Crippen LogP contribution in [-0.2, 0) is 17.7 Å². The highest BCUT2D eigenvalue weighted by atomic mass is 35.5. The first-order valence-corrected chi connectivity index (χ1v) is 9.00. The van der Waals surface area contributed by atoms with E-state index in [0.29, 0.717) is 46.6 Å². The number of thiophene rings is 1. The lowest BCUT2D eigenvalue weighted by Gasteiger charge is -2.08. The van der Waals surface area contributed by atoms with Gasteiger partial charge in [-0.1, -0.05) is 29.3 Å². The van der Waals surface area contributed by atoms with E-state index >= 15 is 0 Å². The number of halogens is 2. The normalized spacial score (nSPS) is 12.7. The van der Waals surface area contributed by atoms with Gasteiger partial charge in [0.25, 0.3) is 0 Å². The molecule has 0 radical (unpaired) electrons. The number of nitrogens with zero attached hydrogens (tertiary/aromatic N) is 1. The molecule has 0 unspecified atom stereocenters. The molecule has 1 atom stereocenters. The molecule has 0 saturated heterocycles. The lowest BCUT2D eigenvalue weighted by molar-refractivity contribution is 0.178. The van der Waals surface area contributed by atoms with Crippen LogP contribution in [-0.4, -0.2) is 24.7 Å². The second-order valence-electron chi connectivity index (χ2n) is 5.36. The fourth-order valence-electron chi connectivity index (χ4n) is 2.42. The van der Waals surface area contributed by atoms with Gasteiger partial charge in [-0.25, -0.2) is 4.98 Å². The molecule has 3 N–H and O–H groups in total. The Hall–Kier alpha value is -1.31. The van der Waals surface area contributed by atoms with Crippen molar-refractivity contribution in [3.05, 3.63) is 44.4 Å². The summed E-state index contributed by atoms with van der Waals surface area (Å²) in [5, 5.41) is 6.16. The average molecular weight is 386 g/mol. The summed E-state index contributed by atoms with van der Waals surface area (Å²) in [6.45, 7) is 1.09. The Bertz CT molecular complexity index is 820. The van der Waals surface area contributed by atoms with E-state index in [2.05, 4.69) is 16.4 Å². The predicted molar refractivity (Wildman–Crippen MR) is 99.2 cm³/mol. The molecule has 0 aliphatic heterocycles. The van der Waals surface area contributed by atoms with Gasteiger partial charge in [-0.3, -0.25) is 0 Å². The average Bonchev–Trinajstić information content (AvgIpc) is 3.15. The molecular weight excluding hydrogens is 369 g/mol. The van der Waals surface area contributed by atoms with Crippen molar-refractivity contribution in [2.45, 2.75) is 19.0 Å². The zero-order valence-electron chi connectivity index (χ0n) is 13.0. The molecule has 3 aromatic heterocycles. The fraction of sp³-hybridized carbons (Fsp3) is 0.312. The van der Waals surface area contributed by atoms with Crippen molar-refractivity contribution >= 4 is 51.3 Å². The SMILES string of the molecule is COC[C@H](N)Cc1oc2c(NCc3cccs3)cc(Cl)nc2c1Cl. The number of furan rings is 1. The third-order valence-corrected chi connectivity index (χ3v) is 4.94. The second kappa shape index (κ2) is 7.72. The van der Waals surface area contributed by atoms with E-state index in [9.17, 15) is 0 Å². The number of pyridine rings is 1. The Kier molecular flexibility index (Phi) is 5.63. The van der Waals surface area contributed by atoms with Crippen LogP contribution >= 0.6 is 34.5 Å². The molecule has 3 aromatic rings. The van der Waals surface area contributed by atoms with Gasteiger partial charge in [-0.05, 0) is 11.4 Å². The van der Waals surface area contributed by atoms with Crippen LogP contribution in [0.4, 0.5) is 5.69 Å². The zero-order chi connectivity index (χ0) is 17.1. The van der Waals surface area contributed by atoms with Gasteiger partial charge in [-0.15, -0.1) is 11.3 Å². The van der Waals surface area contributed by atoms with E-state index in [1.165, 1.54) is 4.88 Å². The Balaban J connectivity index is 1.91. The monoisotopic (exact) mass is 385 g/mol. The number of ether oxygens (including phenoxy) is 1. The summed E-state index contributed by atoms with van der Waals surface area (Å²) >= 11 is 14.2. The van der Waals surface area contributed by atoms with E-state index in [-0.39, 0.29) is 6.04 Å². The molecule has 0 spiro atoms. The summed E-state index contributed by atoms with van der Waals surface area (Å²) in [7, 11) is 1.61. The first kappa shape index (κ1) is 17.5. The maximum absolute atomic E-state index is 6.41. The summed E-state index contributed by atoms with van der Waals surface area (Å²) in [5.41, 5.74) is 7.87. The number of aromatic nitrogens is 1. The molecule has 0 bridgehead atoms. The predicted octanol–water partition coefficient (Wildman–Crippen LogP) is 4.32. The molecule has 0 saturated carbocycles. The summed E-state index contributed by atoms with van der Waals surface area (Å²) in [4.78, 5) is 5.49. The van der Waals surface area contributed by atoms with Gasteiger partial charge in [0.05, 0.1) is 12.3 Å². The lowest BCUT2D eigenvalue weighted by atomic mass is 10.2. The van der Waals surface area contributed by atoms with Crippen molar-refractivity contribution in [1.82, 2.24) is 4.98 Å². The molecule has 3 rings (SSSR count). The Labute approximate surface area is 153 Å². The Morgan fingerprint density at radius 3 is 3.00 bits per heavy atom. The second-order valence-corrected chi connectivity index (χ2v) is 7.16. The first-order chi connectivity index (χ1) is 11.6. The standard InChI is InChI=1S/C16H17Cl2N3O2S/c1-22-8-9(19)5-12-14(18)15-16(23-12)11(6-13(17)21-15)20-7-10-3-2-4-24-10/h2-4,6,9H,5,7-8,19H2,1H3,(H,20,21)/t9-/m1/s1. The maximum atomic E-state index is 6.41. The van der Waals surface area contributed by atoms with E-state index in [0.717, 1.165) is 5.69 Å². The van der Waals surface area contributed by atoms with E-state index in [1.807, 2.05) is 11.4 Å². The number of hydrogen-bond donors (Lipinski definition) is 2. The summed E-state index contributed by atoms with van der Waals surface area (Å²) in [6, 6.07) is 5.60. The molecule has 0 fully saturated rings. The highest BCUT2D eigenvalue weighted by Gasteiger charge is 2.20. The van der Waals surface area contributed by atoms with Crippen molar-refractivity contribution in [2.24, 2.45) is 5.73 Å². The van der Waals surface area contributed by atoms with Gasteiger partial charge in [0.1, 0.15) is 21.5 Å². The first-order valence-electron chi connectivity index (χ1n) is 7.36. The van der Waals surface area contributed by atoms with Crippen LogP contribution in [0.25, 0.3) is 11.1 Å². The van der Waals surface area contributed by atoms with Gasteiger partial charge < -0.3 is 20.2 Å². The van der Waals surface area contributed by atoms with Crippen molar-refractivity contribution in [3.63, 3.8) is 0 Å². The van der Waals surface area contributed by atoms with E-state index < -0.39 is 0 Å². The number of methoxy groups -OCH3 is 1. The summed E-state index contributed by atoms with van der Waals surface area (Å²) < 4.78 is 11.0. The smallest absolute Gasteiger partial charge is 0.177 e. The molecule has 8 heteroatoms. The minimum atomic E-state index is -0.203. The Morgan fingerprint density at radius 2 is 2.29 bits per heavy atom. The molecule has 0 aliphatic rings. The summed E-state index contributed by atoms with van der Waals surface area (Å²) in [6.07, 6.45) is 0.463. The van der Waals surface area contributed by atoms with Crippen molar-refractivity contribution in [1.29, 1.82) is 0 Å². The van der Waals surface area contributed by atoms with E-state index in [1.54, 1.807) is 24.5 Å². The highest BCUT2D eigenvalue weighted by Crippen LogP contribution is 2.36. The highest BCUT2D eigenvalue weighted by molar-refractivity contribution is 7.09. The maximum Gasteiger partial charge on any atom is 0.177 e. The van der Waals surface area contributed by atoms with Gasteiger partial charge in [0.15, 0.2) is 5.58 Å². The van der Waals surface area contributed by atoms with Crippen molar-refractivity contribution in [2.75, 3.05) is 19.0 Å². The molecule has 0 aromatic carbocycles. The van der Waals surface area contributed by atoms with Crippen LogP contribution < -0.4 is 11.1 Å². The molecular formula is C16H17Cl2N3O2S. The Morgan fingerprint density at radius 1 is 1.46 bits per heavy atom. The number of hydrogen-bond acceptors (Lipinski definition) is 6. The minimum Gasteiger partial charge on any atom is -0.455 e. The van der Waals surface area contributed by atoms with Crippen LogP contribution in [0.5, 0.6) is 0 Å². The molecule has 3 heterocycles. The van der Waals surface area contributed by atoms with Crippen LogP contribution in [0, 0.1) is 0 Å². The van der Waals surface area contributed by atoms with Gasteiger partial charge >= 0.3 is 0 Å². The van der Waals surface area contributed by atoms with Crippen LogP contribution in [0.15, 0.2) is 28.0 Å². The van der Waals surface area contributed by atoms with E-state index in [4.69, 9.17) is 38.1 Å². The number of fused-ring (bicyclic) bond motifs is 1. The fourth-order valence-corrected chi connectivity index (χ4v) is 3.51. The van der Waals surface area contributed by atoms with Crippen molar-refractivity contribution in [3.8, 4) is 0 Å². The summed E-state index contributed by atoms with van der Waals surface area (Å²) in [5.74, 6) is 0.588. The van der Waals surface area contributed by atoms with Gasteiger partial charge in [0.2, 0.25) is 0 Å². The third-order valence-electron chi connectivity index (χ3n) is 3.48. The number of anilines is 1. The van der Waals surface area contributed by atoms with Gasteiger partial charge in [0, 0.05) is 37.1 Å². The topological polar surface area (TPSA) is 73.3 Å². The minimum absolute atomic E-state index is 0.203. The number of nitrogens with two attached hydrogens (primary N) is 1. The molecule has 5 nitrogen and oxygen atoms in total. The quantitative estimate of drug-likeness (QED) is 0.592. The third kappa shape index (κ3) is 3.84. The molecule has 24 heavy (non-hydrogen) atoms. The van der Waals surface area contributed by atoms with Crippen LogP contribution in [0.1, 0.15) is 10.6 Å². The largest absolute Gasteiger partial charge is 0.455 e. The molecule has 0 aliphatic carbocycles. The number of rotatable bonds is 7. The van der Waals surface area contributed by atoms with Crippen molar-refractivity contribution < 1.29 is 9.15 Å².